The molecule has 0 fully saturated rings. The summed E-state index contributed by atoms with van der Waals surface area (Å²) in [6.45, 7) is 15.2. The van der Waals surface area contributed by atoms with Gasteiger partial charge >= 0.3 is 0 Å². The van der Waals surface area contributed by atoms with Crippen molar-refractivity contribution < 1.29 is 22.3 Å². The number of benzene rings is 1. The molecule has 0 aromatic heterocycles. The number of hydrogen-bond acceptors (Lipinski definition) is 1. The van der Waals surface area contributed by atoms with Crippen molar-refractivity contribution in [2.45, 2.75) is 6.92 Å². The zero-order valence-corrected chi connectivity index (χ0v) is 13.8. The zero-order chi connectivity index (χ0) is 19.1. The van der Waals surface area contributed by atoms with Crippen LogP contribution in [-0.2, 0) is 0 Å². The van der Waals surface area contributed by atoms with Crippen molar-refractivity contribution in [3.63, 3.8) is 0 Å². The van der Waals surface area contributed by atoms with Crippen molar-refractivity contribution >= 4 is 0 Å². The molecule has 0 spiro atoms. The topological polar surface area (TPSA) is 9.23 Å². The predicted molar refractivity (Wildman–Crippen MR) is 92.5 cm³/mol. The number of halogens is 4. The average molecular weight is 350 g/mol. The molecule has 132 valence electrons. The molecular weight excluding hydrogens is 332 g/mol. The minimum Gasteiger partial charge on any atom is -0.486 e. The Bertz CT molecular complexity index is 785. The van der Waals surface area contributed by atoms with Crippen LogP contribution in [0.3, 0.4) is 0 Å². The van der Waals surface area contributed by atoms with Crippen molar-refractivity contribution in [1.82, 2.24) is 0 Å². The monoisotopic (exact) mass is 350 g/mol. The fourth-order valence-electron chi connectivity index (χ4n) is 1.59. The summed E-state index contributed by atoms with van der Waals surface area (Å²) in [5, 5.41) is 0. The van der Waals surface area contributed by atoms with E-state index in [1.54, 1.807) is 0 Å². The second-order valence-corrected chi connectivity index (χ2v) is 5.24. The van der Waals surface area contributed by atoms with Gasteiger partial charge in [0.2, 0.25) is 5.82 Å². The lowest BCUT2D eigenvalue weighted by molar-refractivity contribution is 0.327. The van der Waals surface area contributed by atoms with E-state index in [1.807, 2.05) is 0 Å². The van der Waals surface area contributed by atoms with Gasteiger partial charge in [0.15, 0.2) is 23.2 Å². The maximum Gasteiger partial charge on any atom is 0.200 e. The highest BCUT2D eigenvalue weighted by atomic mass is 19.2. The molecule has 0 N–H and O–H groups in total. The van der Waals surface area contributed by atoms with Gasteiger partial charge in [0.1, 0.15) is 6.61 Å². The summed E-state index contributed by atoms with van der Waals surface area (Å²) in [4.78, 5) is 0. The summed E-state index contributed by atoms with van der Waals surface area (Å²) in [7, 11) is 0. The van der Waals surface area contributed by atoms with E-state index in [-0.39, 0.29) is 29.1 Å². The molecule has 1 aromatic carbocycles. The van der Waals surface area contributed by atoms with Crippen LogP contribution in [0.15, 0.2) is 90.6 Å². The number of ether oxygens (including phenoxy) is 1. The van der Waals surface area contributed by atoms with Crippen LogP contribution >= 0.6 is 0 Å². The molecule has 0 unspecified atom stereocenters. The van der Waals surface area contributed by atoms with Gasteiger partial charge < -0.3 is 4.74 Å². The van der Waals surface area contributed by atoms with Crippen molar-refractivity contribution in [3.05, 3.63) is 102 Å². The van der Waals surface area contributed by atoms with Crippen molar-refractivity contribution in [2.24, 2.45) is 0 Å². The minimum absolute atomic E-state index is 0.0645. The highest BCUT2D eigenvalue weighted by Crippen LogP contribution is 2.26. The van der Waals surface area contributed by atoms with Crippen LogP contribution in [0.2, 0.25) is 0 Å². The molecule has 0 aliphatic carbocycles. The Balaban J connectivity index is 2.69. The van der Waals surface area contributed by atoms with Gasteiger partial charge in [-0.15, -0.1) is 0 Å². The molecule has 1 aromatic rings. The summed E-state index contributed by atoms with van der Waals surface area (Å²) in [6, 6.07) is 3.55. The van der Waals surface area contributed by atoms with E-state index in [9.17, 15) is 17.6 Å². The van der Waals surface area contributed by atoms with Gasteiger partial charge in [-0.05, 0) is 35.8 Å². The molecule has 1 rings (SSSR count). The summed E-state index contributed by atoms with van der Waals surface area (Å²) < 4.78 is 58.9. The Morgan fingerprint density at radius 1 is 1.04 bits per heavy atom. The fourth-order valence-corrected chi connectivity index (χ4v) is 1.59. The third kappa shape index (κ3) is 5.64. The second-order valence-electron chi connectivity index (χ2n) is 5.24. The van der Waals surface area contributed by atoms with E-state index in [1.165, 1.54) is 31.2 Å². The summed E-state index contributed by atoms with van der Waals surface area (Å²) in [5.74, 6) is -4.62. The lowest BCUT2D eigenvalue weighted by atomic mass is 10.1. The summed E-state index contributed by atoms with van der Waals surface area (Å²) in [6.07, 6.45) is 2.79. The third-order valence-corrected chi connectivity index (χ3v) is 3.07. The first-order valence-electron chi connectivity index (χ1n) is 7.17. The Labute approximate surface area is 144 Å². The predicted octanol–water partition coefficient (Wildman–Crippen LogP) is 6.30. The molecule has 25 heavy (non-hydrogen) atoms. The molecule has 0 aliphatic heterocycles. The quantitative estimate of drug-likeness (QED) is 0.395. The van der Waals surface area contributed by atoms with Gasteiger partial charge in [0.05, 0.1) is 0 Å². The van der Waals surface area contributed by atoms with E-state index >= 15 is 0 Å². The maximum absolute atomic E-state index is 13.8. The number of allylic oxidation sites excluding steroid dienone is 6. The van der Waals surface area contributed by atoms with E-state index in [0.29, 0.717) is 5.57 Å². The Morgan fingerprint density at radius 2 is 1.68 bits per heavy atom. The maximum atomic E-state index is 13.8. The molecule has 0 aliphatic rings. The minimum atomic E-state index is -1.15. The molecule has 1 nitrogen and oxygen atoms in total. The molecule has 0 amide bonds. The number of hydrogen-bond donors (Lipinski definition) is 0. The summed E-state index contributed by atoms with van der Waals surface area (Å²) in [5.41, 5.74) is 0.196. The van der Waals surface area contributed by atoms with Gasteiger partial charge in [-0.1, -0.05) is 44.5 Å². The average Bonchev–Trinajstić information content (AvgIpc) is 2.58. The van der Waals surface area contributed by atoms with Crippen molar-refractivity contribution in [3.8, 4) is 5.75 Å². The van der Waals surface area contributed by atoms with Gasteiger partial charge in [0, 0.05) is 5.57 Å². The molecule has 0 heterocycles. The smallest absolute Gasteiger partial charge is 0.200 e. The highest BCUT2D eigenvalue weighted by molar-refractivity contribution is 5.50. The van der Waals surface area contributed by atoms with Gasteiger partial charge in [-0.3, -0.25) is 0 Å². The molecule has 0 saturated heterocycles. The van der Waals surface area contributed by atoms with E-state index < -0.39 is 23.3 Å². The first-order valence-corrected chi connectivity index (χ1v) is 7.17. The Hall–Kier alpha value is -2.82. The molecule has 0 radical (unpaired) electrons. The highest BCUT2D eigenvalue weighted by Gasteiger charge is 2.12. The van der Waals surface area contributed by atoms with Crippen LogP contribution < -0.4 is 4.74 Å². The number of rotatable bonds is 8. The standard InChI is InChI=1S/C20H18F4O/c1-12(2)18(22)19(23)15(5)14(4)10-9-13(3)11-25-17-8-6-7-16(21)20(17)24/h6-10H,1,3-5,11H2,2H3/b10-9-,19-18-. The van der Waals surface area contributed by atoms with E-state index in [0.717, 1.165) is 6.07 Å². The first kappa shape index (κ1) is 20.2. The Kier molecular flexibility index (Phi) is 7.18. The molecule has 0 bridgehead atoms. The van der Waals surface area contributed by atoms with E-state index in [2.05, 4.69) is 26.3 Å². The Morgan fingerprint density at radius 3 is 2.28 bits per heavy atom. The summed E-state index contributed by atoms with van der Waals surface area (Å²) >= 11 is 0. The van der Waals surface area contributed by atoms with Gasteiger partial charge in [-0.25, -0.2) is 13.2 Å². The van der Waals surface area contributed by atoms with Crippen LogP contribution in [-0.4, -0.2) is 6.61 Å². The van der Waals surface area contributed by atoms with Crippen molar-refractivity contribution in [2.75, 3.05) is 6.61 Å². The third-order valence-electron chi connectivity index (χ3n) is 3.07. The normalized spacial score (nSPS) is 11.9. The van der Waals surface area contributed by atoms with Crippen LogP contribution in [0.1, 0.15) is 6.92 Å². The first-order chi connectivity index (χ1) is 11.6. The zero-order valence-electron chi connectivity index (χ0n) is 13.8. The fraction of sp³-hybridized carbons (Fsp3) is 0.100. The van der Waals surface area contributed by atoms with E-state index in [4.69, 9.17) is 4.74 Å². The van der Waals surface area contributed by atoms with Crippen molar-refractivity contribution in [1.29, 1.82) is 0 Å². The lowest BCUT2D eigenvalue weighted by Crippen LogP contribution is -2.01. The molecular formula is C20H18F4O. The van der Waals surface area contributed by atoms with Gasteiger partial charge in [-0.2, -0.15) is 4.39 Å². The van der Waals surface area contributed by atoms with Crippen LogP contribution in [0.25, 0.3) is 0 Å². The second kappa shape index (κ2) is 8.87. The molecule has 5 heteroatoms. The van der Waals surface area contributed by atoms with Gasteiger partial charge in [0.25, 0.3) is 0 Å². The largest absolute Gasteiger partial charge is 0.486 e. The van der Waals surface area contributed by atoms with Crippen LogP contribution in [0.5, 0.6) is 5.75 Å². The molecule has 0 atom stereocenters. The lowest BCUT2D eigenvalue weighted by Gasteiger charge is -2.08. The molecule has 0 saturated carbocycles. The van der Waals surface area contributed by atoms with Crippen LogP contribution in [0.4, 0.5) is 17.6 Å². The SMILES string of the molecule is C=C(/C=C\C(=C)C(=C)/C(F)=C(/F)C(=C)C)COc1cccc(F)c1F. The van der Waals surface area contributed by atoms with Crippen LogP contribution in [0, 0.1) is 11.6 Å².